The molecule has 34 heteroatoms. The quantitative estimate of drug-likeness (QED) is 0.0317. The van der Waals surface area contributed by atoms with Gasteiger partial charge >= 0.3 is 39.7 Å². The van der Waals surface area contributed by atoms with Gasteiger partial charge in [-0.1, -0.05) is 113 Å². The SMILES string of the molecule is C1CCC(NC2CCCCC2)CC1.C1CCC(NC2CCCCC2)CC1.C[C@@H](O[C@H]1OCCN(Cc2nn(P(=O)(O)O)c(=O)[nH]2)[C@H]1c1ccc(F)cc1)c1cc(C(F)(F)F)cc(C(F)(F)F)c1.Cc1cc([C@@H](C)O[C@H]2OCCN(CC3=NN(P(=O)(O)O)C(=O)C3)[C@H]2c2ccc(F)cc2)cc(C(F)(F)F)c1. The molecule has 4 aromatic carbocycles. The molecule has 0 unspecified atom stereocenters. The Kier molecular flexibility index (Phi) is 29.4. The van der Waals surface area contributed by atoms with E-state index in [1.165, 1.54) is 172 Å². The monoisotopic (exact) mass is 1540 g/mol. The summed E-state index contributed by atoms with van der Waals surface area (Å²) in [5, 5.41) is 15.1. The average Bonchev–Trinajstić information content (AvgIpc) is 1.73. The van der Waals surface area contributed by atoms with Gasteiger partial charge < -0.3 is 49.2 Å². The number of carbonyl (C=O) groups excluding carboxylic acids is 1. The molecule has 1 aromatic heterocycles. The van der Waals surface area contributed by atoms with Gasteiger partial charge in [0.25, 0.3) is 5.91 Å². The van der Waals surface area contributed by atoms with Crippen LogP contribution in [0.4, 0.5) is 48.3 Å². The van der Waals surface area contributed by atoms with Crippen molar-refractivity contribution in [3.8, 4) is 0 Å². The van der Waals surface area contributed by atoms with Gasteiger partial charge in [0.2, 0.25) is 0 Å². The van der Waals surface area contributed by atoms with E-state index in [-0.39, 0.29) is 66.1 Å². The van der Waals surface area contributed by atoms with Crippen molar-refractivity contribution in [2.45, 2.75) is 242 Å². The van der Waals surface area contributed by atoms with Gasteiger partial charge in [-0.15, -0.1) is 14.3 Å². The van der Waals surface area contributed by atoms with Crippen molar-refractivity contribution in [1.82, 2.24) is 39.7 Å². The Balaban J connectivity index is 0.000000181. The fourth-order valence-electron chi connectivity index (χ4n) is 14.5. The molecule has 582 valence electrons. The summed E-state index contributed by atoms with van der Waals surface area (Å²) in [7, 11) is -9.99. The van der Waals surface area contributed by atoms with Crippen molar-refractivity contribution in [2.75, 3.05) is 32.8 Å². The van der Waals surface area contributed by atoms with E-state index in [0.29, 0.717) is 40.9 Å². The second-order valence-corrected chi connectivity index (χ2v) is 30.7. The van der Waals surface area contributed by atoms with Gasteiger partial charge in [-0.25, -0.2) is 22.7 Å². The third-order valence-electron chi connectivity index (χ3n) is 19.8. The summed E-state index contributed by atoms with van der Waals surface area (Å²) < 4.78 is 194. The van der Waals surface area contributed by atoms with Gasteiger partial charge in [0.1, 0.15) is 17.5 Å². The van der Waals surface area contributed by atoms with Crippen LogP contribution in [0.25, 0.3) is 0 Å². The molecule has 6 atom stereocenters. The van der Waals surface area contributed by atoms with E-state index in [0.717, 1.165) is 48.4 Å². The molecule has 0 bridgehead atoms. The maximum Gasteiger partial charge on any atom is 0.454 e. The lowest BCUT2D eigenvalue weighted by Crippen LogP contribution is -2.48. The van der Waals surface area contributed by atoms with Gasteiger partial charge in [0.05, 0.1) is 72.9 Å². The van der Waals surface area contributed by atoms with Crippen molar-refractivity contribution in [2.24, 2.45) is 5.10 Å². The highest BCUT2D eigenvalue weighted by Crippen LogP contribution is 2.45. The van der Waals surface area contributed by atoms with Gasteiger partial charge in [-0.2, -0.15) is 44.6 Å². The zero-order valence-corrected chi connectivity index (χ0v) is 60.5. The molecular weight excluding hydrogens is 1440 g/mol. The van der Waals surface area contributed by atoms with E-state index in [1.807, 2.05) is 0 Å². The largest absolute Gasteiger partial charge is 0.454 e. The normalized spacial score (nSPS) is 22.6. The molecule has 1 amide bonds. The molecule has 7 aliphatic rings. The number of halogens is 11. The molecule has 5 aromatic rings. The van der Waals surface area contributed by atoms with Gasteiger partial charge in [0.15, 0.2) is 12.6 Å². The maximum absolute atomic E-state index is 13.7. The highest BCUT2D eigenvalue weighted by Gasteiger charge is 2.43. The summed E-state index contributed by atoms with van der Waals surface area (Å²) in [6.45, 7) is 4.67. The molecule has 4 aliphatic carbocycles. The van der Waals surface area contributed by atoms with Crippen molar-refractivity contribution in [1.29, 1.82) is 0 Å². The Labute approximate surface area is 602 Å². The predicted molar refractivity (Wildman–Crippen MR) is 366 cm³/mol. The minimum absolute atomic E-state index is 0.00603. The number of rotatable bonds is 18. The Morgan fingerprint density at radius 2 is 0.914 bits per heavy atom. The molecule has 12 rings (SSSR count). The number of carbonyl (C=O) groups is 1. The number of hydrogen-bond donors (Lipinski definition) is 7. The summed E-state index contributed by atoms with van der Waals surface area (Å²) in [5.41, 5.74) is -3.64. The first-order valence-electron chi connectivity index (χ1n) is 35.8. The lowest BCUT2D eigenvalue weighted by Gasteiger charge is -2.42. The van der Waals surface area contributed by atoms with Crippen LogP contribution in [0.15, 0.2) is 94.8 Å². The number of aromatic amines is 1. The zero-order chi connectivity index (χ0) is 76.0. The second kappa shape index (κ2) is 37.1. The number of nitrogens with one attached hydrogen (secondary N) is 3. The molecule has 4 heterocycles. The molecule has 7 N–H and O–H groups in total. The number of benzene rings is 4. The van der Waals surface area contributed by atoms with Crippen LogP contribution >= 0.6 is 15.5 Å². The number of hydrogen-bond acceptors (Lipinski definition) is 14. The van der Waals surface area contributed by atoms with Crippen LogP contribution in [-0.2, 0) is 57.9 Å². The maximum atomic E-state index is 13.7. The van der Waals surface area contributed by atoms with Crippen LogP contribution in [0, 0.1) is 18.6 Å². The van der Waals surface area contributed by atoms with Gasteiger partial charge in [-0.05, 0) is 149 Å². The Morgan fingerprint density at radius 1 is 0.543 bits per heavy atom. The summed E-state index contributed by atoms with van der Waals surface area (Å²) in [4.78, 5) is 66.9. The van der Waals surface area contributed by atoms with E-state index in [2.05, 4.69) is 25.8 Å². The molecule has 21 nitrogen and oxygen atoms in total. The fraction of sp³-hybridized carbons (Fsp3) is 0.606. The molecule has 0 spiro atoms. The lowest BCUT2D eigenvalue weighted by atomic mass is 9.91. The van der Waals surface area contributed by atoms with Crippen LogP contribution in [-0.4, -0.2) is 130 Å². The van der Waals surface area contributed by atoms with Crippen LogP contribution in [0.3, 0.4) is 0 Å². The van der Waals surface area contributed by atoms with Crippen molar-refractivity contribution in [3.63, 3.8) is 0 Å². The van der Waals surface area contributed by atoms with Crippen molar-refractivity contribution < 1.29 is 101 Å². The number of H-pyrrole nitrogens is 1. The summed E-state index contributed by atoms with van der Waals surface area (Å²) in [5.74, 6) is -2.10. The van der Waals surface area contributed by atoms with E-state index < -0.39 is 116 Å². The molecule has 4 saturated carbocycles. The standard InChI is InChI=1S/C24H26F4N3O6P.C23H22F7N4O6P.2C12H23N/c1-14-9-17(11-18(10-14)24(26,27)28)15(2)37-23-22(16-3-5-19(25)6-4-16)30(7-8-36-23)13-20-12-21(32)31(29-20)38(33,34)35;1-12(14-8-15(22(25,26)27)10-16(9-14)23(28,29)30)40-20-19(13-2-4-17(24)5-3-13)33(6-7-39-20)11-18-31-21(35)34(32-18)41(36,37)38;2*1-3-7-11(8-4-1)13-12-9-5-2-6-10-12/h3-6,9-11,15,22-23H,7-8,12-13H2,1-2H3,(H2,33,34,35);2-5,8-10,12,19-20H,6-7,11H2,1H3,(H,31,32,35)(H2,36,37,38);2*11-13H,1-10H2/t15-,22+,23-;12-,19+,20-;;/m11../s1. The topological polar surface area (TPSA) is 266 Å². The van der Waals surface area contributed by atoms with Crippen LogP contribution in [0.5, 0.6) is 0 Å². The first-order chi connectivity index (χ1) is 49.5. The number of alkyl halides is 9. The fourth-order valence-corrected chi connectivity index (χ4v) is 15.7. The van der Waals surface area contributed by atoms with Crippen molar-refractivity contribution in [3.05, 3.63) is 157 Å². The molecule has 2 saturated heterocycles. The van der Waals surface area contributed by atoms with E-state index >= 15 is 0 Å². The third kappa shape index (κ3) is 24.6. The number of ether oxygens (including phenoxy) is 4. The minimum atomic E-state index is -5.07. The summed E-state index contributed by atoms with van der Waals surface area (Å²) in [6.07, 6.45) is 9.64. The zero-order valence-electron chi connectivity index (χ0n) is 58.7. The number of aryl methyl sites for hydroxylation is 1. The van der Waals surface area contributed by atoms with Crippen LogP contribution in [0.1, 0.15) is 223 Å². The van der Waals surface area contributed by atoms with E-state index in [9.17, 15) is 86.6 Å². The van der Waals surface area contributed by atoms with Crippen LogP contribution in [0.2, 0.25) is 0 Å². The minimum Gasteiger partial charge on any atom is -0.349 e. The predicted octanol–water partition coefficient (Wildman–Crippen LogP) is 15.2. The van der Waals surface area contributed by atoms with Crippen LogP contribution < -0.4 is 16.3 Å². The number of aromatic nitrogens is 3. The summed E-state index contributed by atoms with van der Waals surface area (Å²) in [6, 6.07) is 17.0. The molecular formula is C71H94F11N9O12P2. The first-order valence-corrected chi connectivity index (χ1v) is 38.9. The molecule has 105 heavy (non-hydrogen) atoms. The first kappa shape index (κ1) is 83.2. The van der Waals surface area contributed by atoms with E-state index in [1.54, 1.807) is 29.7 Å². The average molecular weight is 1540 g/mol. The highest BCUT2D eigenvalue weighted by atomic mass is 31.2. The molecule has 0 radical (unpaired) electrons. The number of amides is 1. The Morgan fingerprint density at radius 3 is 1.27 bits per heavy atom. The van der Waals surface area contributed by atoms with Crippen molar-refractivity contribution >= 4 is 27.1 Å². The highest BCUT2D eigenvalue weighted by molar-refractivity contribution is 7.50. The Bertz CT molecular complexity index is 3700. The molecule has 3 aliphatic heterocycles. The number of nitrogens with zero attached hydrogens (tertiary/aromatic N) is 6. The Hall–Kier alpha value is -5.83. The lowest BCUT2D eigenvalue weighted by molar-refractivity contribution is -0.231. The molecule has 6 fully saturated rings. The number of morpholine rings is 2. The second-order valence-electron chi connectivity index (χ2n) is 27.9. The smallest absolute Gasteiger partial charge is 0.349 e. The van der Waals surface area contributed by atoms with E-state index in [4.69, 9.17) is 18.9 Å². The van der Waals surface area contributed by atoms with Gasteiger partial charge in [-0.3, -0.25) is 19.6 Å². The van der Waals surface area contributed by atoms with Gasteiger partial charge in [0, 0.05) is 43.8 Å². The third-order valence-corrected chi connectivity index (χ3v) is 21.3. The summed E-state index contributed by atoms with van der Waals surface area (Å²) >= 11 is 0. The number of hydrazone groups is 1.